The predicted molar refractivity (Wildman–Crippen MR) is 67.4 cm³/mol. The van der Waals surface area contributed by atoms with E-state index in [0.717, 1.165) is 6.42 Å². The highest BCUT2D eigenvalue weighted by Gasteiger charge is 2.31. The molecule has 0 saturated carbocycles. The number of likely N-dealkylation sites (tertiary alicyclic amines) is 1. The molecule has 1 aliphatic rings. The summed E-state index contributed by atoms with van der Waals surface area (Å²) in [7, 11) is 0. The highest BCUT2D eigenvalue weighted by molar-refractivity contribution is 5.95. The average Bonchev–Trinajstić information content (AvgIpc) is 2.73. The number of hydrogen-bond donors (Lipinski definition) is 1. The Morgan fingerprint density at radius 3 is 2.79 bits per heavy atom. The maximum Gasteiger partial charge on any atom is 0.305 e. The van der Waals surface area contributed by atoms with Crippen LogP contribution in [0.15, 0.2) is 18.2 Å². The summed E-state index contributed by atoms with van der Waals surface area (Å²) in [4.78, 5) is 24.6. The van der Waals surface area contributed by atoms with Gasteiger partial charge in [-0.25, -0.2) is 4.39 Å². The number of rotatable bonds is 3. The van der Waals surface area contributed by atoms with Crippen LogP contribution in [-0.4, -0.2) is 34.5 Å². The van der Waals surface area contributed by atoms with E-state index >= 15 is 0 Å². The minimum Gasteiger partial charge on any atom is -0.481 e. The van der Waals surface area contributed by atoms with Crippen LogP contribution >= 0.6 is 0 Å². The summed E-state index contributed by atoms with van der Waals surface area (Å²) in [5.74, 6) is -1.65. The first-order chi connectivity index (χ1) is 8.97. The van der Waals surface area contributed by atoms with Crippen molar-refractivity contribution in [1.82, 2.24) is 4.90 Å². The topological polar surface area (TPSA) is 57.6 Å². The minimum atomic E-state index is -0.917. The van der Waals surface area contributed by atoms with Gasteiger partial charge in [0.05, 0.1) is 6.42 Å². The number of benzene rings is 1. The van der Waals surface area contributed by atoms with Gasteiger partial charge in [-0.05, 0) is 43.5 Å². The van der Waals surface area contributed by atoms with E-state index in [1.807, 2.05) is 0 Å². The van der Waals surface area contributed by atoms with Gasteiger partial charge in [-0.3, -0.25) is 9.59 Å². The zero-order valence-corrected chi connectivity index (χ0v) is 10.7. The Bertz CT molecular complexity index is 495. The second-order valence-corrected chi connectivity index (χ2v) is 4.91. The van der Waals surface area contributed by atoms with E-state index in [0.29, 0.717) is 18.5 Å². The average molecular weight is 265 g/mol. The van der Waals surface area contributed by atoms with Crippen molar-refractivity contribution in [2.75, 3.05) is 6.54 Å². The molecule has 0 bridgehead atoms. The van der Waals surface area contributed by atoms with Crippen molar-refractivity contribution >= 4 is 11.9 Å². The molecular formula is C14H16FNO3. The van der Waals surface area contributed by atoms with Crippen LogP contribution in [0.4, 0.5) is 4.39 Å². The zero-order valence-electron chi connectivity index (χ0n) is 10.7. The van der Waals surface area contributed by atoms with E-state index in [9.17, 15) is 14.0 Å². The molecule has 1 fully saturated rings. The Hall–Kier alpha value is -1.91. The van der Waals surface area contributed by atoms with E-state index in [4.69, 9.17) is 5.11 Å². The van der Waals surface area contributed by atoms with Crippen LogP contribution in [0, 0.1) is 12.7 Å². The second-order valence-electron chi connectivity index (χ2n) is 4.91. The van der Waals surface area contributed by atoms with Crippen molar-refractivity contribution in [2.24, 2.45) is 0 Å². The summed E-state index contributed by atoms with van der Waals surface area (Å²) < 4.78 is 13.3. The third-order valence-corrected chi connectivity index (χ3v) is 3.34. The SMILES string of the molecule is Cc1cc(F)cc(C(=O)N2CCCC2CC(=O)O)c1. The molecule has 2 rings (SSSR count). The second kappa shape index (κ2) is 5.38. The third kappa shape index (κ3) is 3.10. The molecular weight excluding hydrogens is 249 g/mol. The monoisotopic (exact) mass is 265 g/mol. The van der Waals surface area contributed by atoms with Gasteiger partial charge >= 0.3 is 5.97 Å². The van der Waals surface area contributed by atoms with Gasteiger partial charge in [-0.2, -0.15) is 0 Å². The molecule has 0 aromatic heterocycles. The summed E-state index contributed by atoms with van der Waals surface area (Å²) in [6.07, 6.45) is 1.42. The number of aryl methyl sites for hydroxylation is 1. The molecule has 0 radical (unpaired) electrons. The van der Waals surface area contributed by atoms with Crippen LogP contribution in [0.25, 0.3) is 0 Å². The van der Waals surface area contributed by atoms with Crippen LogP contribution in [0.3, 0.4) is 0 Å². The summed E-state index contributed by atoms with van der Waals surface area (Å²) in [5, 5.41) is 8.83. The number of carboxylic acid groups (broad SMARTS) is 1. The molecule has 1 heterocycles. The van der Waals surface area contributed by atoms with Gasteiger partial charge in [0.15, 0.2) is 0 Å². The number of hydrogen-bond acceptors (Lipinski definition) is 2. The highest BCUT2D eigenvalue weighted by Crippen LogP contribution is 2.23. The van der Waals surface area contributed by atoms with Crippen molar-refractivity contribution in [3.05, 3.63) is 35.1 Å². The summed E-state index contributed by atoms with van der Waals surface area (Å²) >= 11 is 0. The fourth-order valence-corrected chi connectivity index (χ4v) is 2.54. The van der Waals surface area contributed by atoms with Crippen molar-refractivity contribution in [1.29, 1.82) is 0 Å². The molecule has 1 N–H and O–H groups in total. The van der Waals surface area contributed by atoms with E-state index < -0.39 is 11.8 Å². The van der Waals surface area contributed by atoms with Gasteiger partial charge in [0.1, 0.15) is 5.82 Å². The molecule has 1 aliphatic heterocycles. The number of nitrogens with zero attached hydrogens (tertiary/aromatic N) is 1. The van der Waals surface area contributed by atoms with Crippen LogP contribution in [0.2, 0.25) is 0 Å². The van der Waals surface area contributed by atoms with Crippen molar-refractivity contribution in [2.45, 2.75) is 32.2 Å². The number of amides is 1. The Morgan fingerprint density at radius 1 is 1.42 bits per heavy atom. The van der Waals surface area contributed by atoms with Crippen LogP contribution in [0.5, 0.6) is 0 Å². The number of carboxylic acids is 1. The predicted octanol–water partition coefficient (Wildman–Crippen LogP) is 2.21. The van der Waals surface area contributed by atoms with E-state index in [1.165, 1.54) is 12.1 Å². The van der Waals surface area contributed by atoms with E-state index in [2.05, 4.69) is 0 Å². The lowest BCUT2D eigenvalue weighted by molar-refractivity contribution is -0.137. The van der Waals surface area contributed by atoms with Crippen molar-refractivity contribution < 1.29 is 19.1 Å². The number of carbonyl (C=O) groups is 2. The molecule has 1 unspecified atom stereocenters. The molecule has 1 saturated heterocycles. The standard InChI is InChI=1S/C14H16FNO3/c1-9-5-10(7-11(15)6-9)14(19)16-4-2-3-12(16)8-13(17)18/h5-7,12H,2-4,8H2,1H3,(H,17,18). The minimum absolute atomic E-state index is 0.0555. The van der Waals surface area contributed by atoms with Crippen molar-refractivity contribution in [3.63, 3.8) is 0 Å². The third-order valence-electron chi connectivity index (χ3n) is 3.34. The maximum absolute atomic E-state index is 13.3. The van der Waals surface area contributed by atoms with E-state index in [-0.39, 0.29) is 23.9 Å². The van der Waals surface area contributed by atoms with Crippen LogP contribution in [0.1, 0.15) is 35.2 Å². The molecule has 1 aromatic rings. The lowest BCUT2D eigenvalue weighted by Crippen LogP contribution is -2.36. The summed E-state index contributed by atoms with van der Waals surface area (Å²) in [6, 6.07) is 3.90. The van der Waals surface area contributed by atoms with Crippen LogP contribution in [-0.2, 0) is 4.79 Å². The Kier molecular flexibility index (Phi) is 3.83. The van der Waals surface area contributed by atoms with E-state index in [1.54, 1.807) is 17.9 Å². The van der Waals surface area contributed by atoms with Gasteiger partial charge in [-0.1, -0.05) is 0 Å². The maximum atomic E-state index is 13.3. The fourth-order valence-electron chi connectivity index (χ4n) is 2.54. The van der Waals surface area contributed by atoms with Gasteiger partial charge in [0.2, 0.25) is 0 Å². The lowest BCUT2D eigenvalue weighted by Gasteiger charge is -2.23. The largest absolute Gasteiger partial charge is 0.481 e. The fraction of sp³-hybridized carbons (Fsp3) is 0.429. The Balaban J connectivity index is 2.20. The van der Waals surface area contributed by atoms with Gasteiger partial charge in [0, 0.05) is 18.2 Å². The normalized spacial score (nSPS) is 18.6. The first-order valence-corrected chi connectivity index (χ1v) is 6.27. The van der Waals surface area contributed by atoms with Crippen LogP contribution < -0.4 is 0 Å². The Labute approximate surface area is 110 Å². The zero-order chi connectivity index (χ0) is 14.0. The first kappa shape index (κ1) is 13.5. The molecule has 5 heteroatoms. The molecule has 0 aliphatic carbocycles. The molecule has 4 nitrogen and oxygen atoms in total. The van der Waals surface area contributed by atoms with Crippen molar-refractivity contribution in [3.8, 4) is 0 Å². The number of carbonyl (C=O) groups excluding carboxylic acids is 1. The number of halogens is 1. The molecule has 1 atom stereocenters. The van der Waals surface area contributed by atoms with Gasteiger partial charge < -0.3 is 10.0 Å². The quantitative estimate of drug-likeness (QED) is 0.911. The summed E-state index contributed by atoms with van der Waals surface area (Å²) in [6.45, 7) is 2.25. The van der Waals surface area contributed by atoms with Gasteiger partial charge in [-0.15, -0.1) is 0 Å². The molecule has 1 aromatic carbocycles. The summed E-state index contributed by atoms with van der Waals surface area (Å²) in [5.41, 5.74) is 0.965. The molecule has 0 spiro atoms. The Morgan fingerprint density at radius 2 is 2.16 bits per heavy atom. The van der Waals surface area contributed by atoms with Gasteiger partial charge in [0.25, 0.3) is 5.91 Å². The lowest BCUT2D eigenvalue weighted by atomic mass is 10.1. The first-order valence-electron chi connectivity index (χ1n) is 6.27. The molecule has 19 heavy (non-hydrogen) atoms. The smallest absolute Gasteiger partial charge is 0.305 e. The molecule has 102 valence electrons. The highest BCUT2D eigenvalue weighted by atomic mass is 19.1. The molecule has 1 amide bonds. The number of aliphatic carboxylic acids is 1.